The molecule has 0 N–H and O–H groups in total. The van der Waals surface area contributed by atoms with Crippen LogP contribution in [0.1, 0.15) is 24.1 Å². The van der Waals surface area contributed by atoms with E-state index in [-0.39, 0.29) is 18.1 Å². The number of pyridine rings is 1. The minimum Gasteiger partial charge on any atom is -0.332 e. The fourth-order valence-corrected chi connectivity index (χ4v) is 1.82. The maximum Gasteiger partial charge on any atom is 0.419 e. The van der Waals surface area contributed by atoms with Crippen LogP contribution in [0.25, 0.3) is 0 Å². The first-order chi connectivity index (χ1) is 8.98. The third-order valence-electron chi connectivity index (χ3n) is 2.76. The number of carbonyl (C=O) groups is 1. The van der Waals surface area contributed by atoms with Crippen LogP contribution in [0.4, 0.5) is 13.2 Å². The van der Waals surface area contributed by atoms with Gasteiger partial charge in [-0.2, -0.15) is 13.2 Å². The molecule has 1 fully saturated rings. The number of alkyl halides is 3. The summed E-state index contributed by atoms with van der Waals surface area (Å²) in [5.74, 6) is 4.96. The molecule has 0 bridgehead atoms. The van der Waals surface area contributed by atoms with E-state index in [0.717, 1.165) is 12.5 Å². The van der Waals surface area contributed by atoms with E-state index in [9.17, 15) is 18.0 Å². The Balaban J connectivity index is 2.14. The number of aromatic nitrogens is 1. The van der Waals surface area contributed by atoms with E-state index in [1.54, 1.807) is 0 Å². The second kappa shape index (κ2) is 5.31. The SMILES string of the molecule is O=C1CCCN1CC#Cc1ncccc1C(F)(F)F. The summed E-state index contributed by atoms with van der Waals surface area (Å²) in [6.07, 6.45) is -1.95. The zero-order chi connectivity index (χ0) is 13.9. The zero-order valence-electron chi connectivity index (χ0n) is 10.00. The van der Waals surface area contributed by atoms with E-state index in [0.29, 0.717) is 13.0 Å². The van der Waals surface area contributed by atoms with Crippen LogP contribution in [-0.4, -0.2) is 28.9 Å². The lowest BCUT2D eigenvalue weighted by molar-refractivity contribution is -0.138. The fraction of sp³-hybridized carbons (Fsp3) is 0.385. The van der Waals surface area contributed by atoms with Gasteiger partial charge < -0.3 is 4.90 Å². The van der Waals surface area contributed by atoms with Crippen LogP contribution in [0.15, 0.2) is 18.3 Å². The lowest BCUT2D eigenvalue weighted by Gasteiger charge is -2.10. The van der Waals surface area contributed by atoms with Crippen molar-refractivity contribution in [3.05, 3.63) is 29.6 Å². The van der Waals surface area contributed by atoms with Crippen molar-refractivity contribution in [2.45, 2.75) is 19.0 Å². The van der Waals surface area contributed by atoms with E-state index in [2.05, 4.69) is 16.8 Å². The molecular formula is C13H11F3N2O. The lowest BCUT2D eigenvalue weighted by Crippen LogP contribution is -2.24. The summed E-state index contributed by atoms with van der Waals surface area (Å²) >= 11 is 0. The summed E-state index contributed by atoms with van der Waals surface area (Å²) < 4.78 is 38.0. The molecule has 19 heavy (non-hydrogen) atoms. The molecule has 0 aliphatic carbocycles. The summed E-state index contributed by atoms with van der Waals surface area (Å²) in [5.41, 5.74) is -1.16. The number of carbonyl (C=O) groups excluding carboxylic acids is 1. The Morgan fingerprint density at radius 1 is 1.42 bits per heavy atom. The smallest absolute Gasteiger partial charge is 0.332 e. The topological polar surface area (TPSA) is 33.2 Å². The molecule has 1 amide bonds. The first-order valence-corrected chi connectivity index (χ1v) is 5.77. The molecule has 0 saturated carbocycles. The number of rotatable bonds is 1. The van der Waals surface area contributed by atoms with Gasteiger partial charge in [-0.25, -0.2) is 4.98 Å². The van der Waals surface area contributed by atoms with Gasteiger partial charge in [0.05, 0.1) is 12.1 Å². The number of halogens is 3. The average Bonchev–Trinajstić information content (AvgIpc) is 2.75. The molecule has 0 aromatic carbocycles. The molecule has 100 valence electrons. The van der Waals surface area contributed by atoms with Crippen molar-refractivity contribution in [1.29, 1.82) is 0 Å². The minimum atomic E-state index is -4.47. The molecule has 3 nitrogen and oxygen atoms in total. The Bertz CT molecular complexity index is 543. The lowest BCUT2D eigenvalue weighted by atomic mass is 10.2. The number of amides is 1. The second-order valence-electron chi connectivity index (χ2n) is 4.12. The summed E-state index contributed by atoms with van der Waals surface area (Å²) in [6, 6.07) is 2.16. The Hall–Kier alpha value is -2.03. The molecule has 0 unspecified atom stereocenters. The van der Waals surface area contributed by atoms with Crippen LogP contribution in [0.2, 0.25) is 0 Å². The van der Waals surface area contributed by atoms with Gasteiger partial charge in [-0.15, -0.1) is 0 Å². The zero-order valence-corrected chi connectivity index (χ0v) is 10.00. The third kappa shape index (κ3) is 3.25. The van der Waals surface area contributed by atoms with Crippen molar-refractivity contribution in [2.24, 2.45) is 0 Å². The molecule has 0 atom stereocenters. The fourth-order valence-electron chi connectivity index (χ4n) is 1.82. The van der Waals surface area contributed by atoms with E-state index in [1.807, 2.05) is 0 Å². The average molecular weight is 268 g/mol. The maximum atomic E-state index is 12.7. The van der Waals surface area contributed by atoms with Gasteiger partial charge in [0, 0.05) is 19.2 Å². The van der Waals surface area contributed by atoms with Gasteiger partial charge in [-0.3, -0.25) is 4.79 Å². The van der Waals surface area contributed by atoms with E-state index in [4.69, 9.17) is 0 Å². The molecule has 1 aliphatic rings. The Labute approximate surface area is 108 Å². The highest BCUT2D eigenvalue weighted by Gasteiger charge is 2.33. The van der Waals surface area contributed by atoms with Crippen LogP contribution < -0.4 is 0 Å². The van der Waals surface area contributed by atoms with Gasteiger partial charge in [0.15, 0.2) is 0 Å². The van der Waals surface area contributed by atoms with E-state index < -0.39 is 11.7 Å². The molecule has 2 heterocycles. The Kier molecular flexibility index (Phi) is 3.74. The highest BCUT2D eigenvalue weighted by atomic mass is 19.4. The van der Waals surface area contributed by atoms with Gasteiger partial charge >= 0.3 is 6.18 Å². The predicted molar refractivity (Wildman–Crippen MR) is 61.9 cm³/mol. The first kappa shape index (κ1) is 13.4. The van der Waals surface area contributed by atoms with E-state index >= 15 is 0 Å². The van der Waals surface area contributed by atoms with Crippen LogP contribution in [0.5, 0.6) is 0 Å². The molecule has 2 rings (SSSR count). The molecule has 0 spiro atoms. The monoisotopic (exact) mass is 268 g/mol. The molecule has 0 radical (unpaired) electrons. The van der Waals surface area contributed by atoms with Crippen molar-refractivity contribution in [1.82, 2.24) is 9.88 Å². The maximum absolute atomic E-state index is 12.7. The van der Waals surface area contributed by atoms with Crippen molar-refractivity contribution in [2.75, 3.05) is 13.1 Å². The summed E-state index contributed by atoms with van der Waals surface area (Å²) in [5, 5.41) is 0. The highest BCUT2D eigenvalue weighted by molar-refractivity contribution is 5.78. The number of hydrogen-bond donors (Lipinski definition) is 0. The molecular weight excluding hydrogens is 257 g/mol. The van der Waals surface area contributed by atoms with Crippen LogP contribution in [0.3, 0.4) is 0 Å². The largest absolute Gasteiger partial charge is 0.419 e. The summed E-state index contributed by atoms with van der Waals surface area (Å²) in [4.78, 5) is 16.5. The molecule has 1 aromatic heterocycles. The van der Waals surface area contributed by atoms with Gasteiger partial charge in [-0.05, 0) is 24.5 Å². The standard InChI is InChI=1S/C13H11F3N2O/c14-13(15,16)10-4-1-7-17-11(10)5-2-8-18-9-3-6-12(18)19/h1,4,7H,3,6,8-9H2. The van der Waals surface area contributed by atoms with Crippen molar-refractivity contribution in [3.8, 4) is 11.8 Å². The Morgan fingerprint density at radius 3 is 2.84 bits per heavy atom. The molecule has 1 saturated heterocycles. The van der Waals surface area contributed by atoms with Crippen LogP contribution >= 0.6 is 0 Å². The van der Waals surface area contributed by atoms with Crippen molar-refractivity contribution in [3.63, 3.8) is 0 Å². The quantitative estimate of drug-likeness (QED) is 0.731. The van der Waals surface area contributed by atoms with Gasteiger partial charge in [0.25, 0.3) is 0 Å². The van der Waals surface area contributed by atoms with E-state index in [1.165, 1.54) is 17.2 Å². The minimum absolute atomic E-state index is 0.00799. The predicted octanol–water partition coefficient (Wildman–Crippen LogP) is 2.07. The van der Waals surface area contributed by atoms with Crippen LogP contribution in [0, 0.1) is 11.8 Å². The second-order valence-corrected chi connectivity index (χ2v) is 4.12. The third-order valence-corrected chi connectivity index (χ3v) is 2.76. The van der Waals surface area contributed by atoms with Crippen LogP contribution in [-0.2, 0) is 11.0 Å². The Morgan fingerprint density at radius 2 is 2.21 bits per heavy atom. The van der Waals surface area contributed by atoms with Gasteiger partial charge in [0.1, 0.15) is 5.69 Å². The van der Waals surface area contributed by atoms with Gasteiger partial charge in [0.2, 0.25) is 5.91 Å². The first-order valence-electron chi connectivity index (χ1n) is 5.77. The summed E-state index contributed by atoms with van der Waals surface area (Å²) in [6.45, 7) is 0.758. The van der Waals surface area contributed by atoms with Crippen molar-refractivity contribution >= 4 is 5.91 Å². The number of nitrogens with zero attached hydrogens (tertiary/aromatic N) is 2. The highest BCUT2D eigenvalue weighted by Crippen LogP contribution is 2.30. The van der Waals surface area contributed by atoms with Gasteiger partial charge in [-0.1, -0.05) is 5.92 Å². The van der Waals surface area contributed by atoms with Crippen molar-refractivity contribution < 1.29 is 18.0 Å². The molecule has 6 heteroatoms. The molecule has 1 aromatic rings. The summed E-state index contributed by atoms with van der Waals surface area (Å²) in [7, 11) is 0. The normalized spacial score (nSPS) is 15.3. The molecule has 1 aliphatic heterocycles. The number of likely N-dealkylation sites (tertiary alicyclic amines) is 1. The number of hydrogen-bond acceptors (Lipinski definition) is 2.